The molecule has 106 valence electrons. The van der Waals surface area contributed by atoms with Crippen molar-refractivity contribution in [3.05, 3.63) is 35.4 Å². The summed E-state index contributed by atoms with van der Waals surface area (Å²) in [6, 6.07) is 8.27. The molecular formula is C16H25NO2. The summed E-state index contributed by atoms with van der Waals surface area (Å²) in [4.78, 5) is 11.5. The van der Waals surface area contributed by atoms with Crippen LogP contribution in [0.15, 0.2) is 24.3 Å². The van der Waals surface area contributed by atoms with Crippen molar-refractivity contribution in [2.24, 2.45) is 0 Å². The third kappa shape index (κ3) is 7.62. The fraction of sp³-hybridized carbons (Fsp3) is 0.562. The van der Waals surface area contributed by atoms with Gasteiger partial charge in [0.2, 0.25) is 0 Å². The molecule has 0 aliphatic carbocycles. The molecule has 0 spiro atoms. The van der Waals surface area contributed by atoms with E-state index in [2.05, 4.69) is 43.4 Å². The van der Waals surface area contributed by atoms with Gasteiger partial charge in [0.15, 0.2) is 0 Å². The summed E-state index contributed by atoms with van der Waals surface area (Å²) in [7, 11) is 0. The third-order valence-electron chi connectivity index (χ3n) is 2.93. The van der Waals surface area contributed by atoms with Gasteiger partial charge in [0.25, 0.3) is 0 Å². The molecule has 0 saturated heterocycles. The Morgan fingerprint density at radius 2 is 1.95 bits per heavy atom. The van der Waals surface area contributed by atoms with Gasteiger partial charge in [-0.05, 0) is 44.8 Å². The van der Waals surface area contributed by atoms with Gasteiger partial charge in [-0.2, -0.15) is 0 Å². The summed E-state index contributed by atoms with van der Waals surface area (Å²) in [6.45, 7) is 6.66. The molecule has 19 heavy (non-hydrogen) atoms. The largest absolute Gasteiger partial charge is 0.466 e. The SMILES string of the molecule is CCCNCCCOC(=O)CCc1ccc(C)cc1. The molecule has 1 aromatic rings. The molecule has 1 N–H and O–H groups in total. The van der Waals surface area contributed by atoms with Crippen molar-refractivity contribution in [1.29, 1.82) is 0 Å². The van der Waals surface area contributed by atoms with Gasteiger partial charge in [-0.1, -0.05) is 36.8 Å². The zero-order valence-electron chi connectivity index (χ0n) is 12.1. The molecule has 0 aliphatic heterocycles. The molecule has 0 heterocycles. The van der Waals surface area contributed by atoms with Crippen LogP contribution in [0.4, 0.5) is 0 Å². The quantitative estimate of drug-likeness (QED) is 0.550. The Hall–Kier alpha value is -1.35. The lowest BCUT2D eigenvalue weighted by Crippen LogP contribution is -2.18. The zero-order valence-corrected chi connectivity index (χ0v) is 12.1. The standard InChI is InChI=1S/C16H25NO2/c1-3-11-17-12-4-13-19-16(18)10-9-15-7-5-14(2)6-8-15/h5-8,17H,3-4,9-13H2,1-2H3. The highest BCUT2D eigenvalue weighted by atomic mass is 16.5. The summed E-state index contributed by atoms with van der Waals surface area (Å²) in [5.74, 6) is -0.101. The Morgan fingerprint density at radius 3 is 2.63 bits per heavy atom. The predicted molar refractivity (Wildman–Crippen MR) is 78.2 cm³/mol. The number of nitrogens with one attached hydrogen (secondary N) is 1. The first-order valence-electron chi connectivity index (χ1n) is 7.14. The van der Waals surface area contributed by atoms with E-state index in [1.54, 1.807) is 0 Å². The molecular weight excluding hydrogens is 238 g/mol. The van der Waals surface area contributed by atoms with Crippen molar-refractivity contribution in [1.82, 2.24) is 5.32 Å². The number of ether oxygens (including phenoxy) is 1. The van der Waals surface area contributed by atoms with Crippen molar-refractivity contribution in [2.45, 2.75) is 39.5 Å². The Labute approximate surface area is 116 Å². The summed E-state index contributed by atoms with van der Waals surface area (Å²) in [6.07, 6.45) is 3.24. The maximum Gasteiger partial charge on any atom is 0.306 e. The maximum absolute atomic E-state index is 11.5. The smallest absolute Gasteiger partial charge is 0.306 e. The van der Waals surface area contributed by atoms with Gasteiger partial charge in [-0.3, -0.25) is 4.79 Å². The molecule has 0 amide bonds. The number of esters is 1. The summed E-state index contributed by atoms with van der Waals surface area (Å²) in [5, 5.41) is 3.28. The Bertz CT molecular complexity index is 360. The number of rotatable bonds is 9. The highest BCUT2D eigenvalue weighted by Gasteiger charge is 2.03. The molecule has 0 unspecified atom stereocenters. The minimum Gasteiger partial charge on any atom is -0.466 e. The Kier molecular flexibility index (Phi) is 7.91. The second kappa shape index (κ2) is 9.56. The normalized spacial score (nSPS) is 10.4. The number of benzene rings is 1. The fourth-order valence-corrected chi connectivity index (χ4v) is 1.76. The van der Waals surface area contributed by atoms with E-state index >= 15 is 0 Å². The third-order valence-corrected chi connectivity index (χ3v) is 2.93. The van der Waals surface area contributed by atoms with E-state index in [1.165, 1.54) is 11.1 Å². The number of hydrogen-bond acceptors (Lipinski definition) is 3. The van der Waals surface area contributed by atoms with Crippen molar-refractivity contribution < 1.29 is 9.53 Å². The van der Waals surface area contributed by atoms with Crippen LogP contribution < -0.4 is 5.32 Å². The highest BCUT2D eigenvalue weighted by Crippen LogP contribution is 2.06. The number of carbonyl (C=O) groups excluding carboxylic acids is 1. The molecule has 0 fully saturated rings. The average Bonchev–Trinajstić information content (AvgIpc) is 2.42. The van der Waals surface area contributed by atoms with Gasteiger partial charge < -0.3 is 10.1 Å². The molecule has 0 aliphatic rings. The van der Waals surface area contributed by atoms with Gasteiger partial charge in [0.1, 0.15) is 0 Å². The van der Waals surface area contributed by atoms with Crippen LogP contribution in [0.25, 0.3) is 0 Å². The molecule has 0 atom stereocenters. The van der Waals surface area contributed by atoms with Crippen LogP contribution in [0.1, 0.15) is 37.3 Å². The lowest BCUT2D eigenvalue weighted by Gasteiger charge is -2.06. The van der Waals surface area contributed by atoms with E-state index in [0.29, 0.717) is 13.0 Å². The minimum absolute atomic E-state index is 0.101. The molecule has 3 heteroatoms. The first-order chi connectivity index (χ1) is 9.22. The highest BCUT2D eigenvalue weighted by molar-refractivity contribution is 5.69. The first-order valence-corrected chi connectivity index (χ1v) is 7.14. The molecule has 1 rings (SSSR count). The average molecular weight is 263 g/mol. The van der Waals surface area contributed by atoms with Gasteiger partial charge in [-0.15, -0.1) is 0 Å². The number of aryl methyl sites for hydroxylation is 2. The molecule has 1 aromatic carbocycles. The zero-order chi connectivity index (χ0) is 13.9. The minimum atomic E-state index is -0.101. The van der Waals surface area contributed by atoms with Gasteiger partial charge in [0, 0.05) is 6.42 Å². The van der Waals surface area contributed by atoms with Crippen LogP contribution in [-0.2, 0) is 16.0 Å². The number of hydrogen-bond donors (Lipinski definition) is 1. The molecule has 0 radical (unpaired) electrons. The van der Waals surface area contributed by atoms with E-state index in [9.17, 15) is 4.79 Å². The van der Waals surface area contributed by atoms with Gasteiger partial charge in [0.05, 0.1) is 6.61 Å². The van der Waals surface area contributed by atoms with E-state index in [4.69, 9.17) is 4.74 Å². The lowest BCUT2D eigenvalue weighted by molar-refractivity contribution is -0.143. The molecule has 3 nitrogen and oxygen atoms in total. The Morgan fingerprint density at radius 1 is 1.21 bits per heavy atom. The van der Waals surface area contributed by atoms with Gasteiger partial charge in [-0.25, -0.2) is 0 Å². The van der Waals surface area contributed by atoms with Crippen LogP contribution in [-0.4, -0.2) is 25.7 Å². The summed E-state index contributed by atoms with van der Waals surface area (Å²) < 4.78 is 5.19. The summed E-state index contributed by atoms with van der Waals surface area (Å²) in [5.41, 5.74) is 2.43. The van der Waals surface area contributed by atoms with E-state index < -0.39 is 0 Å². The van der Waals surface area contributed by atoms with Crippen LogP contribution in [0.3, 0.4) is 0 Å². The monoisotopic (exact) mass is 263 g/mol. The van der Waals surface area contributed by atoms with Crippen molar-refractivity contribution in [3.63, 3.8) is 0 Å². The van der Waals surface area contributed by atoms with Crippen LogP contribution in [0.5, 0.6) is 0 Å². The topological polar surface area (TPSA) is 38.3 Å². The second-order valence-corrected chi connectivity index (χ2v) is 4.81. The van der Waals surface area contributed by atoms with E-state index in [-0.39, 0.29) is 5.97 Å². The summed E-state index contributed by atoms with van der Waals surface area (Å²) >= 11 is 0. The second-order valence-electron chi connectivity index (χ2n) is 4.81. The fourth-order valence-electron chi connectivity index (χ4n) is 1.76. The number of carbonyl (C=O) groups is 1. The molecule has 0 saturated carbocycles. The van der Waals surface area contributed by atoms with Crippen LogP contribution in [0, 0.1) is 6.92 Å². The van der Waals surface area contributed by atoms with E-state index in [0.717, 1.165) is 32.4 Å². The predicted octanol–water partition coefficient (Wildman–Crippen LogP) is 2.86. The van der Waals surface area contributed by atoms with Crippen molar-refractivity contribution in [2.75, 3.05) is 19.7 Å². The molecule has 0 bridgehead atoms. The Balaban J connectivity index is 2.06. The first kappa shape index (κ1) is 15.7. The lowest BCUT2D eigenvalue weighted by atomic mass is 10.1. The van der Waals surface area contributed by atoms with Crippen molar-refractivity contribution in [3.8, 4) is 0 Å². The van der Waals surface area contributed by atoms with Crippen LogP contribution in [0.2, 0.25) is 0 Å². The van der Waals surface area contributed by atoms with Crippen molar-refractivity contribution >= 4 is 5.97 Å². The van der Waals surface area contributed by atoms with Crippen LogP contribution >= 0.6 is 0 Å². The van der Waals surface area contributed by atoms with E-state index in [1.807, 2.05) is 0 Å². The maximum atomic E-state index is 11.5. The van der Waals surface area contributed by atoms with Gasteiger partial charge >= 0.3 is 5.97 Å². The molecule has 0 aromatic heterocycles.